The average Bonchev–Trinajstić information content (AvgIpc) is 2.90. The van der Waals surface area contributed by atoms with Crippen molar-refractivity contribution in [1.82, 2.24) is 4.90 Å². The second-order valence-electron chi connectivity index (χ2n) is 6.17. The predicted molar refractivity (Wildman–Crippen MR) is 102 cm³/mol. The molecule has 0 N–H and O–H groups in total. The van der Waals surface area contributed by atoms with E-state index in [1.165, 1.54) is 0 Å². The van der Waals surface area contributed by atoms with Gasteiger partial charge in [-0.15, -0.1) is 0 Å². The lowest BCUT2D eigenvalue weighted by Gasteiger charge is -2.26. The van der Waals surface area contributed by atoms with E-state index in [2.05, 4.69) is 4.99 Å². The monoisotopic (exact) mass is 349 g/mol. The lowest BCUT2D eigenvalue weighted by atomic mass is 9.93. The summed E-state index contributed by atoms with van der Waals surface area (Å²) in [7, 11) is 3.74. The maximum atomic E-state index is 12.8. The van der Waals surface area contributed by atoms with E-state index in [-0.39, 0.29) is 5.91 Å². The molecule has 2 aromatic carbocycles. The van der Waals surface area contributed by atoms with Crippen LogP contribution in [0, 0.1) is 0 Å². The van der Waals surface area contributed by atoms with Crippen LogP contribution in [-0.4, -0.2) is 30.7 Å². The third-order valence-corrected chi connectivity index (χ3v) is 4.35. The number of hydrogen-bond donors (Lipinski definition) is 0. The van der Waals surface area contributed by atoms with Crippen LogP contribution in [-0.2, 0) is 4.79 Å². The number of carbonyl (C=O) groups excluding carboxylic acids is 1. The summed E-state index contributed by atoms with van der Waals surface area (Å²) in [5.74, 6) is 0.502. The summed E-state index contributed by atoms with van der Waals surface area (Å²) in [6.45, 7) is 0. The topological polar surface area (TPSA) is 35.9 Å². The van der Waals surface area contributed by atoms with Crippen LogP contribution in [0.2, 0.25) is 5.02 Å². The van der Waals surface area contributed by atoms with Gasteiger partial charge in [0.05, 0.1) is 5.69 Å². The Hall–Kier alpha value is -2.85. The summed E-state index contributed by atoms with van der Waals surface area (Å²) in [6.07, 6.45) is 3.68. The lowest BCUT2D eigenvalue weighted by molar-refractivity contribution is -0.114. The number of rotatable bonds is 2. The van der Waals surface area contributed by atoms with Crippen molar-refractivity contribution in [2.75, 3.05) is 19.0 Å². The molecule has 25 heavy (non-hydrogen) atoms. The minimum Gasteiger partial charge on any atom is -0.382 e. The Morgan fingerprint density at radius 2 is 1.88 bits per heavy atom. The summed E-state index contributed by atoms with van der Waals surface area (Å²) < 4.78 is 0. The quantitative estimate of drug-likeness (QED) is 0.770. The van der Waals surface area contributed by atoms with Gasteiger partial charge in [-0.1, -0.05) is 41.9 Å². The Bertz CT molecular complexity index is 958. The van der Waals surface area contributed by atoms with Crippen molar-refractivity contribution in [3.8, 4) is 0 Å². The molecule has 124 valence electrons. The fraction of sp³-hybridized carbons (Fsp3) is 0.100. The molecule has 5 heteroatoms. The Labute approximate surface area is 151 Å². The minimum absolute atomic E-state index is 0.129. The molecule has 0 unspecified atom stereocenters. The second-order valence-corrected chi connectivity index (χ2v) is 6.61. The smallest absolute Gasteiger partial charge is 0.284 e. The third kappa shape index (κ3) is 2.65. The van der Waals surface area contributed by atoms with Crippen LogP contribution in [0.5, 0.6) is 0 Å². The average molecular weight is 350 g/mol. The van der Waals surface area contributed by atoms with Crippen molar-refractivity contribution in [1.29, 1.82) is 0 Å². The maximum absolute atomic E-state index is 12.8. The number of benzene rings is 2. The largest absolute Gasteiger partial charge is 0.382 e. The first-order chi connectivity index (χ1) is 12.0. The zero-order chi connectivity index (χ0) is 17.6. The Balaban J connectivity index is 1.94. The van der Waals surface area contributed by atoms with Crippen molar-refractivity contribution < 1.29 is 4.79 Å². The van der Waals surface area contributed by atoms with Crippen LogP contribution in [0.15, 0.2) is 71.5 Å². The maximum Gasteiger partial charge on any atom is 0.284 e. The molecule has 2 heterocycles. The zero-order valence-electron chi connectivity index (χ0n) is 13.9. The SMILES string of the molecule is CN(C)/C=C1\N=C2C=C(c3ccccc3)c3cc(Cl)ccc3N2C1=O. The number of aliphatic imine (C=N–C) groups is 1. The molecule has 1 amide bonds. The summed E-state index contributed by atoms with van der Waals surface area (Å²) in [5, 5.41) is 0.636. The molecule has 0 atom stereocenters. The Kier molecular flexibility index (Phi) is 3.70. The van der Waals surface area contributed by atoms with Crippen LogP contribution < -0.4 is 4.90 Å². The van der Waals surface area contributed by atoms with Crippen LogP contribution in [0.25, 0.3) is 5.57 Å². The number of hydrogen-bond acceptors (Lipinski definition) is 3. The first-order valence-electron chi connectivity index (χ1n) is 7.93. The van der Waals surface area contributed by atoms with Crippen molar-refractivity contribution in [3.63, 3.8) is 0 Å². The van der Waals surface area contributed by atoms with Gasteiger partial charge < -0.3 is 4.90 Å². The van der Waals surface area contributed by atoms with Crippen molar-refractivity contribution in [2.24, 2.45) is 4.99 Å². The van der Waals surface area contributed by atoms with Crippen LogP contribution in [0.3, 0.4) is 0 Å². The number of anilines is 1. The number of amidine groups is 1. The number of halogens is 1. The van der Waals surface area contributed by atoms with E-state index in [0.717, 1.165) is 22.4 Å². The molecule has 4 nitrogen and oxygen atoms in total. The van der Waals surface area contributed by atoms with E-state index in [9.17, 15) is 4.79 Å². The van der Waals surface area contributed by atoms with Gasteiger partial charge in [0.2, 0.25) is 0 Å². The minimum atomic E-state index is -0.129. The van der Waals surface area contributed by atoms with E-state index in [4.69, 9.17) is 11.6 Å². The molecule has 0 spiro atoms. The number of fused-ring (bicyclic) bond motifs is 3. The molecule has 0 saturated carbocycles. The van der Waals surface area contributed by atoms with Crippen LogP contribution >= 0.6 is 11.6 Å². The number of carbonyl (C=O) groups is 1. The van der Waals surface area contributed by atoms with Crippen LogP contribution in [0.4, 0.5) is 5.69 Å². The highest BCUT2D eigenvalue weighted by Crippen LogP contribution is 2.40. The first kappa shape index (κ1) is 15.7. The molecule has 0 bridgehead atoms. The molecule has 2 aliphatic heterocycles. The molecule has 4 rings (SSSR count). The fourth-order valence-corrected chi connectivity index (χ4v) is 3.25. The molecule has 0 radical (unpaired) electrons. The molecule has 2 aliphatic rings. The molecular weight excluding hydrogens is 334 g/mol. The van der Waals surface area contributed by atoms with E-state index < -0.39 is 0 Å². The first-order valence-corrected chi connectivity index (χ1v) is 8.31. The molecular formula is C20H16ClN3O. The molecule has 0 saturated heterocycles. The van der Waals surface area contributed by atoms with E-state index in [1.54, 1.807) is 17.2 Å². The van der Waals surface area contributed by atoms with Gasteiger partial charge >= 0.3 is 0 Å². The zero-order valence-corrected chi connectivity index (χ0v) is 14.7. The molecule has 2 aromatic rings. The number of amides is 1. The van der Waals surface area contributed by atoms with E-state index >= 15 is 0 Å². The van der Waals surface area contributed by atoms with Gasteiger partial charge in [0.15, 0.2) is 0 Å². The highest BCUT2D eigenvalue weighted by atomic mass is 35.5. The number of nitrogens with zero attached hydrogens (tertiary/aromatic N) is 3. The van der Waals surface area contributed by atoms with Gasteiger partial charge in [-0.25, -0.2) is 4.99 Å². The predicted octanol–water partition coefficient (Wildman–Crippen LogP) is 3.93. The second kappa shape index (κ2) is 5.90. The standard InChI is InChI=1S/C20H16ClN3O/c1-23(2)12-17-20(25)24-18-9-8-14(21)10-16(18)15(11-19(24)22-17)13-6-4-3-5-7-13/h3-12H,1-2H3/b17-12-. The van der Waals surface area contributed by atoms with Gasteiger partial charge in [-0.2, -0.15) is 0 Å². The lowest BCUT2D eigenvalue weighted by Crippen LogP contribution is -2.34. The summed E-state index contributed by atoms with van der Waals surface area (Å²) in [6, 6.07) is 15.6. The third-order valence-electron chi connectivity index (χ3n) is 4.11. The van der Waals surface area contributed by atoms with Crippen molar-refractivity contribution >= 4 is 34.6 Å². The van der Waals surface area contributed by atoms with E-state index in [0.29, 0.717) is 16.6 Å². The molecule has 0 fully saturated rings. The van der Waals surface area contributed by atoms with Crippen molar-refractivity contribution in [2.45, 2.75) is 0 Å². The Morgan fingerprint density at radius 3 is 2.60 bits per heavy atom. The Morgan fingerprint density at radius 1 is 1.12 bits per heavy atom. The fourth-order valence-electron chi connectivity index (χ4n) is 3.08. The van der Waals surface area contributed by atoms with E-state index in [1.807, 2.05) is 67.5 Å². The normalized spacial score (nSPS) is 17.2. The van der Waals surface area contributed by atoms with Gasteiger partial charge in [-0.3, -0.25) is 9.69 Å². The van der Waals surface area contributed by atoms with Crippen LogP contribution in [0.1, 0.15) is 11.1 Å². The summed E-state index contributed by atoms with van der Waals surface area (Å²) >= 11 is 6.23. The van der Waals surface area contributed by atoms with Crippen molar-refractivity contribution in [3.05, 3.63) is 82.7 Å². The highest BCUT2D eigenvalue weighted by Gasteiger charge is 2.35. The van der Waals surface area contributed by atoms with Gasteiger partial charge in [0.25, 0.3) is 5.91 Å². The van der Waals surface area contributed by atoms with Gasteiger partial charge in [0, 0.05) is 30.9 Å². The molecule has 0 aliphatic carbocycles. The molecule has 0 aromatic heterocycles. The summed E-state index contributed by atoms with van der Waals surface area (Å²) in [5.41, 5.74) is 4.22. The van der Waals surface area contributed by atoms with Gasteiger partial charge in [0.1, 0.15) is 11.5 Å². The summed E-state index contributed by atoms with van der Waals surface area (Å²) in [4.78, 5) is 20.8. The highest BCUT2D eigenvalue weighted by molar-refractivity contribution is 6.35. The van der Waals surface area contributed by atoms with Gasteiger partial charge in [-0.05, 0) is 35.4 Å².